The van der Waals surface area contributed by atoms with E-state index < -0.39 is 0 Å². The minimum atomic E-state index is 0.0881. The number of aliphatic imine (C=N–C) groups is 1. The molecule has 1 aromatic rings. The summed E-state index contributed by atoms with van der Waals surface area (Å²) in [6.07, 6.45) is 1.93. The van der Waals surface area contributed by atoms with Gasteiger partial charge in [-0.3, -0.25) is 9.79 Å². The lowest BCUT2D eigenvalue weighted by atomic mass is 10.2. The number of benzene rings is 1. The Balaban J connectivity index is 2.07. The molecule has 106 valence electrons. The van der Waals surface area contributed by atoms with Crippen molar-refractivity contribution in [2.45, 2.75) is 6.92 Å². The van der Waals surface area contributed by atoms with Gasteiger partial charge in [-0.05, 0) is 37.3 Å². The quantitative estimate of drug-likeness (QED) is 0.890. The van der Waals surface area contributed by atoms with Gasteiger partial charge in [0.15, 0.2) is 0 Å². The second kappa shape index (κ2) is 6.86. The number of hydrogen-bond acceptors (Lipinski definition) is 5. The molecule has 0 atom stereocenters. The zero-order valence-electron chi connectivity index (χ0n) is 11.7. The summed E-state index contributed by atoms with van der Waals surface area (Å²) in [7, 11) is 1.63. The SMILES string of the molecule is COc1ccc(/N=C2/C=C(NCC(C)=O)COC2)cc1. The summed E-state index contributed by atoms with van der Waals surface area (Å²) in [4.78, 5) is 15.5. The van der Waals surface area contributed by atoms with Crippen molar-refractivity contribution in [2.75, 3.05) is 26.9 Å². The Kier molecular flexibility index (Phi) is 4.90. The summed E-state index contributed by atoms with van der Waals surface area (Å²) >= 11 is 0. The first-order valence-electron chi connectivity index (χ1n) is 6.40. The molecule has 1 aliphatic rings. The van der Waals surface area contributed by atoms with Gasteiger partial charge in [0.2, 0.25) is 0 Å². The number of carbonyl (C=O) groups excluding carboxylic acids is 1. The van der Waals surface area contributed by atoms with Crippen molar-refractivity contribution in [1.29, 1.82) is 0 Å². The number of rotatable bonds is 5. The van der Waals surface area contributed by atoms with Crippen molar-refractivity contribution >= 4 is 17.2 Å². The van der Waals surface area contributed by atoms with E-state index in [1.165, 1.54) is 0 Å². The molecule has 5 heteroatoms. The smallest absolute Gasteiger partial charge is 0.148 e. The molecular weight excluding hydrogens is 256 g/mol. The van der Waals surface area contributed by atoms with Gasteiger partial charge in [-0.2, -0.15) is 0 Å². The second-order valence-electron chi connectivity index (χ2n) is 4.52. The molecule has 1 aromatic carbocycles. The fraction of sp³-hybridized carbons (Fsp3) is 0.333. The molecule has 1 heterocycles. The molecule has 0 bridgehead atoms. The zero-order chi connectivity index (χ0) is 14.4. The molecule has 0 saturated heterocycles. The number of carbonyl (C=O) groups is 1. The molecule has 5 nitrogen and oxygen atoms in total. The summed E-state index contributed by atoms with van der Waals surface area (Å²) < 4.78 is 10.6. The van der Waals surface area contributed by atoms with Gasteiger partial charge < -0.3 is 14.8 Å². The first-order valence-corrected chi connectivity index (χ1v) is 6.40. The van der Waals surface area contributed by atoms with Crippen LogP contribution in [-0.2, 0) is 9.53 Å². The molecule has 0 radical (unpaired) electrons. The maximum Gasteiger partial charge on any atom is 0.148 e. The van der Waals surface area contributed by atoms with E-state index in [4.69, 9.17) is 9.47 Å². The summed E-state index contributed by atoms with van der Waals surface area (Å²) in [5, 5.41) is 3.04. The molecule has 0 spiro atoms. The molecule has 0 amide bonds. The Morgan fingerprint density at radius 1 is 1.35 bits per heavy atom. The molecule has 0 unspecified atom stereocenters. The third kappa shape index (κ3) is 4.20. The van der Waals surface area contributed by atoms with Gasteiger partial charge >= 0.3 is 0 Å². The molecule has 0 aliphatic carbocycles. The van der Waals surface area contributed by atoms with Gasteiger partial charge in [-0.15, -0.1) is 0 Å². The van der Waals surface area contributed by atoms with Crippen LogP contribution in [0, 0.1) is 0 Å². The molecule has 1 N–H and O–H groups in total. The van der Waals surface area contributed by atoms with E-state index in [-0.39, 0.29) is 5.78 Å². The summed E-state index contributed by atoms with van der Waals surface area (Å²) in [5.41, 5.74) is 2.54. The number of ether oxygens (including phenoxy) is 2. The van der Waals surface area contributed by atoms with Gasteiger partial charge in [-0.1, -0.05) is 0 Å². The van der Waals surface area contributed by atoms with Crippen molar-refractivity contribution in [3.05, 3.63) is 36.0 Å². The van der Waals surface area contributed by atoms with Crippen LogP contribution in [-0.4, -0.2) is 38.4 Å². The predicted molar refractivity (Wildman–Crippen MR) is 77.7 cm³/mol. The maximum absolute atomic E-state index is 10.9. The Morgan fingerprint density at radius 2 is 2.10 bits per heavy atom. The van der Waals surface area contributed by atoms with E-state index >= 15 is 0 Å². The summed E-state index contributed by atoms with van der Waals surface area (Å²) in [6, 6.07) is 7.50. The van der Waals surface area contributed by atoms with E-state index in [9.17, 15) is 4.79 Å². The van der Waals surface area contributed by atoms with Crippen LogP contribution < -0.4 is 10.1 Å². The summed E-state index contributed by atoms with van der Waals surface area (Å²) in [5.74, 6) is 0.887. The molecule has 0 fully saturated rings. The minimum absolute atomic E-state index is 0.0881. The van der Waals surface area contributed by atoms with Crippen LogP contribution in [0.3, 0.4) is 0 Å². The lowest BCUT2D eigenvalue weighted by molar-refractivity contribution is -0.116. The van der Waals surface area contributed by atoms with Crippen LogP contribution >= 0.6 is 0 Å². The first-order chi connectivity index (χ1) is 9.67. The average Bonchev–Trinajstić information content (AvgIpc) is 2.46. The highest BCUT2D eigenvalue weighted by Crippen LogP contribution is 2.18. The normalized spacial score (nSPS) is 16.7. The number of hydrogen-bond donors (Lipinski definition) is 1. The molecule has 20 heavy (non-hydrogen) atoms. The molecule has 2 rings (SSSR count). The van der Waals surface area contributed by atoms with Crippen molar-refractivity contribution in [1.82, 2.24) is 5.32 Å². The lowest BCUT2D eigenvalue weighted by Gasteiger charge is -2.16. The number of nitrogens with zero attached hydrogens (tertiary/aromatic N) is 1. The van der Waals surface area contributed by atoms with E-state index in [0.29, 0.717) is 19.8 Å². The Labute approximate surface area is 118 Å². The van der Waals surface area contributed by atoms with Crippen molar-refractivity contribution in [3.8, 4) is 5.75 Å². The zero-order valence-corrected chi connectivity index (χ0v) is 11.7. The van der Waals surface area contributed by atoms with Crippen molar-refractivity contribution < 1.29 is 14.3 Å². The van der Waals surface area contributed by atoms with E-state index in [0.717, 1.165) is 22.8 Å². The van der Waals surface area contributed by atoms with Crippen LogP contribution in [0.15, 0.2) is 41.0 Å². The largest absolute Gasteiger partial charge is 0.497 e. The fourth-order valence-electron chi connectivity index (χ4n) is 1.78. The third-order valence-electron chi connectivity index (χ3n) is 2.76. The van der Waals surface area contributed by atoms with Crippen molar-refractivity contribution in [3.63, 3.8) is 0 Å². The van der Waals surface area contributed by atoms with E-state index in [1.807, 2.05) is 30.3 Å². The Bertz CT molecular complexity index is 533. The molecule has 1 aliphatic heterocycles. The highest BCUT2D eigenvalue weighted by atomic mass is 16.5. The Morgan fingerprint density at radius 3 is 2.75 bits per heavy atom. The van der Waals surface area contributed by atoms with E-state index in [1.54, 1.807) is 14.0 Å². The highest BCUT2D eigenvalue weighted by molar-refractivity contribution is 5.99. The van der Waals surface area contributed by atoms with Crippen LogP contribution in [0.2, 0.25) is 0 Å². The molecule has 0 saturated carbocycles. The van der Waals surface area contributed by atoms with Crippen LogP contribution in [0.1, 0.15) is 6.92 Å². The van der Waals surface area contributed by atoms with Crippen LogP contribution in [0.25, 0.3) is 0 Å². The van der Waals surface area contributed by atoms with Gasteiger partial charge in [0.1, 0.15) is 11.5 Å². The monoisotopic (exact) mass is 274 g/mol. The number of nitrogens with one attached hydrogen (secondary N) is 1. The second-order valence-corrected chi connectivity index (χ2v) is 4.52. The topological polar surface area (TPSA) is 59.9 Å². The number of methoxy groups -OCH3 is 1. The lowest BCUT2D eigenvalue weighted by Crippen LogP contribution is -2.28. The fourth-order valence-corrected chi connectivity index (χ4v) is 1.78. The Hall–Kier alpha value is -2.14. The van der Waals surface area contributed by atoms with Crippen LogP contribution in [0.5, 0.6) is 5.75 Å². The number of Topliss-reactive ketones (excluding diaryl/α,β-unsaturated/α-hetero) is 1. The molecule has 0 aromatic heterocycles. The van der Waals surface area contributed by atoms with Gasteiger partial charge in [0.05, 0.1) is 38.3 Å². The minimum Gasteiger partial charge on any atom is -0.497 e. The van der Waals surface area contributed by atoms with Crippen molar-refractivity contribution in [2.24, 2.45) is 4.99 Å². The van der Waals surface area contributed by atoms with Crippen LogP contribution in [0.4, 0.5) is 5.69 Å². The third-order valence-corrected chi connectivity index (χ3v) is 2.76. The van der Waals surface area contributed by atoms with Gasteiger partial charge in [0.25, 0.3) is 0 Å². The number of ketones is 1. The average molecular weight is 274 g/mol. The molecular formula is C15H18N2O3. The maximum atomic E-state index is 10.9. The van der Waals surface area contributed by atoms with E-state index in [2.05, 4.69) is 10.3 Å². The van der Waals surface area contributed by atoms with Gasteiger partial charge in [-0.25, -0.2) is 0 Å². The van der Waals surface area contributed by atoms with Gasteiger partial charge in [0, 0.05) is 5.70 Å². The highest BCUT2D eigenvalue weighted by Gasteiger charge is 2.09. The summed E-state index contributed by atoms with van der Waals surface area (Å²) in [6.45, 7) is 2.81. The predicted octanol–water partition coefficient (Wildman–Crippen LogP) is 1.86. The standard InChI is InChI=1S/C15H18N2O3/c1-11(18)8-16-13-7-14(10-20-9-13)17-12-3-5-15(19-2)6-4-12/h3-7,16H,8-10H2,1-2H3/b17-14-. The first kappa shape index (κ1) is 14.3.